The van der Waals surface area contributed by atoms with Crippen molar-refractivity contribution in [3.8, 4) is 0 Å². The first-order chi connectivity index (χ1) is 53.8. The van der Waals surface area contributed by atoms with Crippen LogP contribution in [0.4, 0.5) is 0 Å². The molecule has 0 unspecified atom stereocenters. The molecule has 0 spiro atoms. The molecule has 0 saturated carbocycles. The van der Waals surface area contributed by atoms with Crippen molar-refractivity contribution < 1.29 is 96.5 Å². The highest BCUT2D eigenvalue weighted by atomic mass is 16.4. The van der Waals surface area contributed by atoms with Crippen LogP contribution >= 0.6 is 0 Å². The molecule has 12 atom stereocenters. The summed E-state index contributed by atoms with van der Waals surface area (Å²) < 4.78 is 0. The number of carbonyl (C=O) groups excluding carboxylic acids is 16. The number of Topliss-reactive ketones (excluding diaryl/α,β-unsaturated/α-hetero) is 4. The first kappa shape index (κ1) is 109. The van der Waals surface area contributed by atoms with Crippen LogP contribution in [-0.4, -0.2) is 192 Å². The lowest BCUT2D eigenvalue weighted by Gasteiger charge is -2.20. The van der Waals surface area contributed by atoms with Crippen LogP contribution in [0.15, 0.2) is 0 Å². The van der Waals surface area contributed by atoms with Crippen LogP contribution in [0.3, 0.4) is 0 Å². The lowest BCUT2D eigenvalue weighted by molar-refractivity contribution is -0.139. The number of aliphatic carboxylic acids is 2. The molecule has 114 heavy (non-hydrogen) atoms. The fourth-order valence-corrected chi connectivity index (χ4v) is 10.4. The standard InChI is InChI=1S/2C28H50N4O6.C26H46N4O8/c2*1-7-19(3)25(35)31-23(15-13-21(5)33)27(37)29-17-11-9-10-12-18-30-28(38)24(16-14-22(6)34)32-26(36)20(4)8-2;1-5-17(3)23(35)29-19(11-13-21(31)32)25(37)27-15-9-7-8-10-16-28-26(38)20(12-14-22(33)34)30-24(36)18(4)6-2/h2*19-20,23-24H,7-18H2,1-6H3,(H,29,37)(H,30,38)(H,31,35)(H,32,36);17-20H,5-16H2,1-4H3,(H,27,37)(H,28,38)(H,29,35)(H,30,36)(H,31,32)(H,33,34)/t2*19-,20-,23-,24-;17-,18-,19-,20-/m000/s1. The van der Waals surface area contributed by atoms with Gasteiger partial charge in [-0.15, -0.1) is 0 Å². The Morgan fingerprint density at radius 3 is 0.456 bits per heavy atom. The molecule has 0 aromatic rings. The van der Waals surface area contributed by atoms with Crippen molar-refractivity contribution in [3.63, 3.8) is 0 Å². The highest BCUT2D eigenvalue weighted by Gasteiger charge is 2.30. The highest BCUT2D eigenvalue weighted by molar-refractivity contribution is 5.93. The van der Waals surface area contributed by atoms with Gasteiger partial charge in [-0.25, -0.2) is 0 Å². The number of ketones is 4. The van der Waals surface area contributed by atoms with Gasteiger partial charge >= 0.3 is 11.9 Å². The maximum absolute atomic E-state index is 12.6. The van der Waals surface area contributed by atoms with E-state index in [-0.39, 0.29) is 195 Å². The van der Waals surface area contributed by atoms with Crippen molar-refractivity contribution in [2.75, 3.05) is 39.3 Å². The van der Waals surface area contributed by atoms with Gasteiger partial charge in [0.05, 0.1) is 0 Å². The van der Waals surface area contributed by atoms with Crippen LogP contribution in [0.5, 0.6) is 0 Å². The molecule has 0 bridgehead atoms. The predicted octanol–water partition coefficient (Wildman–Crippen LogP) is 6.73. The van der Waals surface area contributed by atoms with E-state index in [4.69, 9.17) is 10.2 Å². The van der Waals surface area contributed by atoms with Crippen molar-refractivity contribution in [2.24, 2.45) is 35.5 Å². The number of carboxylic acid groups (broad SMARTS) is 2. The van der Waals surface area contributed by atoms with Gasteiger partial charge in [0.1, 0.15) is 59.4 Å². The van der Waals surface area contributed by atoms with E-state index in [1.807, 2.05) is 41.5 Å². The third kappa shape index (κ3) is 56.5. The third-order valence-electron chi connectivity index (χ3n) is 19.7. The number of unbranched alkanes of at least 4 members (excludes halogenated alkanes) is 9. The molecule has 0 aromatic carbocycles. The van der Waals surface area contributed by atoms with Crippen LogP contribution < -0.4 is 63.8 Å². The van der Waals surface area contributed by atoms with Gasteiger partial charge in [-0.2, -0.15) is 0 Å². The number of nitrogens with one attached hydrogen (secondary N) is 12. The van der Waals surface area contributed by atoms with Crippen LogP contribution in [0.25, 0.3) is 0 Å². The van der Waals surface area contributed by atoms with Crippen LogP contribution in [0.1, 0.15) is 303 Å². The average molecular weight is 1620 g/mol. The summed E-state index contributed by atoms with van der Waals surface area (Å²) in [6.45, 7) is 30.4. The zero-order valence-corrected chi connectivity index (χ0v) is 71.6. The summed E-state index contributed by atoms with van der Waals surface area (Å²) in [5, 5.41) is 51.0. The summed E-state index contributed by atoms with van der Waals surface area (Å²) in [4.78, 5) is 216. The minimum absolute atomic E-state index is 0.00824. The van der Waals surface area contributed by atoms with Gasteiger partial charge in [0.2, 0.25) is 70.9 Å². The summed E-state index contributed by atoms with van der Waals surface area (Å²) in [6, 6.07) is -4.73. The fraction of sp³-hybridized carbons (Fsp3) is 0.780. The normalized spacial score (nSPS) is 13.9. The van der Waals surface area contributed by atoms with E-state index in [1.165, 1.54) is 27.7 Å². The van der Waals surface area contributed by atoms with Gasteiger partial charge in [-0.05, 0) is 143 Å². The van der Waals surface area contributed by atoms with E-state index in [2.05, 4.69) is 63.8 Å². The van der Waals surface area contributed by atoms with Gasteiger partial charge in [0.25, 0.3) is 0 Å². The largest absolute Gasteiger partial charge is 0.481 e. The Morgan fingerprint density at radius 1 is 0.211 bits per heavy atom. The van der Waals surface area contributed by atoms with Gasteiger partial charge in [0, 0.05) is 113 Å². The Kier molecular flexibility index (Phi) is 63.9. The summed E-state index contributed by atoms with van der Waals surface area (Å²) in [5.74, 6) is -6.91. The number of amides is 12. The summed E-state index contributed by atoms with van der Waals surface area (Å²) in [5.41, 5.74) is 0. The second-order valence-corrected chi connectivity index (χ2v) is 30.0. The van der Waals surface area contributed by atoms with Crippen LogP contribution in [0, 0.1) is 35.5 Å². The van der Waals surface area contributed by atoms with Crippen molar-refractivity contribution in [1.82, 2.24) is 63.8 Å². The van der Waals surface area contributed by atoms with E-state index in [0.29, 0.717) is 90.6 Å². The maximum Gasteiger partial charge on any atom is 0.303 e. The Bertz CT molecular complexity index is 2470. The molecule has 0 radical (unpaired) electrons. The van der Waals surface area contributed by atoms with E-state index >= 15 is 0 Å². The number of carboxylic acids is 2. The highest BCUT2D eigenvalue weighted by Crippen LogP contribution is 2.13. The molecule has 654 valence electrons. The average Bonchev–Trinajstić information content (AvgIpc) is 0.936. The minimum Gasteiger partial charge on any atom is -0.481 e. The molecular formula is C82H146N12O20. The molecule has 14 N–H and O–H groups in total. The lowest BCUT2D eigenvalue weighted by atomic mass is 10.0. The van der Waals surface area contributed by atoms with E-state index in [0.717, 1.165) is 64.2 Å². The first-order valence-electron chi connectivity index (χ1n) is 41.7. The van der Waals surface area contributed by atoms with Crippen LogP contribution in [-0.2, 0) is 86.3 Å². The number of hydrogen-bond acceptors (Lipinski definition) is 18. The summed E-state index contributed by atoms with van der Waals surface area (Å²) in [7, 11) is 0. The Labute approximate surface area is 677 Å². The summed E-state index contributed by atoms with van der Waals surface area (Å²) >= 11 is 0. The van der Waals surface area contributed by atoms with Crippen molar-refractivity contribution in [2.45, 2.75) is 340 Å². The minimum atomic E-state index is -1.04. The molecule has 0 saturated heterocycles. The van der Waals surface area contributed by atoms with Gasteiger partial charge in [0.15, 0.2) is 0 Å². The quantitative estimate of drug-likeness (QED) is 0.0281. The van der Waals surface area contributed by atoms with Crippen LogP contribution in [0.2, 0.25) is 0 Å². The molecule has 32 nitrogen and oxygen atoms in total. The molecule has 0 aliphatic carbocycles. The third-order valence-corrected chi connectivity index (χ3v) is 19.7. The van der Waals surface area contributed by atoms with Crippen molar-refractivity contribution >= 4 is 106 Å². The Balaban J connectivity index is -0.00000162. The molecule has 0 rings (SSSR count). The number of hydrogen-bond donors (Lipinski definition) is 14. The van der Waals surface area contributed by atoms with Gasteiger partial charge < -0.3 is 93.2 Å². The number of carbonyl (C=O) groups is 18. The molecule has 32 heteroatoms. The SMILES string of the molecule is CC[C@H](C)C(=O)N[C@@H](CCC(=O)O)C(=O)NCCCCCCNC(=O)[C@H](CCC(=O)O)NC(=O)[C@@H](C)CC.CC[C@H](C)C(=O)N[C@@H](CCC(C)=O)C(=O)NCCCCCCNC(=O)[C@H](CCC(C)=O)NC(=O)[C@@H](C)CC.CC[C@H](C)C(=O)N[C@@H](CCC(C)=O)C(=O)NCCCCCCNC(=O)[C@H](CCC(C)=O)NC(=O)[C@@H](C)CC. The Hall–Kier alpha value is -8.74. The second-order valence-electron chi connectivity index (χ2n) is 30.0. The summed E-state index contributed by atoms with van der Waals surface area (Å²) in [6.07, 6.45) is 14.6. The van der Waals surface area contributed by atoms with E-state index in [9.17, 15) is 86.3 Å². The van der Waals surface area contributed by atoms with Crippen molar-refractivity contribution in [1.29, 1.82) is 0 Å². The molecular weight excluding hydrogens is 1470 g/mol. The molecule has 0 heterocycles. The maximum atomic E-state index is 12.6. The first-order valence-corrected chi connectivity index (χ1v) is 41.7. The second kappa shape index (κ2) is 66.5. The smallest absolute Gasteiger partial charge is 0.303 e. The number of rotatable bonds is 63. The molecule has 12 amide bonds. The topological polar surface area (TPSA) is 492 Å². The fourth-order valence-electron chi connectivity index (χ4n) is 10.4. The van der Waals surface area contributed by atoms with E-state index < -0.39 is 60.0 Å². The van der Waals surface area contributed by atoms with Gasteiger partial charge in [-0.3, -0.25) is 67.1 Å². The predicted molar refractivity (Wildman–Crippen MR) is 435 cm³/mol. The molecule has 0 aliphatic heterocycles. The van der Waals surface area contributed by atoms with E-state index in [1.54, 1.807) is 41.5 Å². The molecule has 0 aromatic heterocycles. The monoisotopic (exact) mass is 1620 g/mol. The molecule has 0 fully saturated rings. The Morgan fingerprint density at radius 2 is 0.342 bits per heavy atom. The van der Waals surface area contributed by atoms with Gasteiger partial charge in [-0.1, -0.05) is 122 Å². The van der Waals surface area contributed by atoms with Crippen molar-refractivity contribution in [3.05, 3.63) is 0 Å². The lowest BCUT2D eigenvalue weighted by Crippen LogP contribution is -2.48. The molecule has 0 aliphatic rings. The zero-order chi connectivity index (χ0) is 87.3. The zero-order valence-electron chi connectivity index (χ0n) is 71.6.